The number of ether oxygens (including phenoxy) is 1. The second-order valence-electron chi connectivity index (χ2n) is 3.37. The molecule has 0 unspecified atom stereocenters. The Morgan fingerprint density at radius 3 is 2.93 bits per heavy atom. The van der Waals surface area contributed by atoms with Gasteiger partial charge in [-0.3, -0.25) is 0 Å². The van der Waals surface area contributed by atoms with Crippen molar-refractivity contribution in [3.8, 4) is 0 Å². The molecule has 0 bridgehead atoms. The van der Waals surface area contributed by atoms with E-state index in [-0.39, 0.29) is 0 Å². The molecule has 1 aromatic rings. The zero-order valence-electron chi connectivity index (χ0n) is 9.01. The number of rotatable bonds is 7. The van der Waals surface area contributed by atoms with Crippen molar-refractivity contribution in [3.05, 3.63) is 21.9 Å². The van der Waals surface area contributed by atoms with Gasteiger partial charge in [-0.2, -0.15) is 0 Å². The fourth-order valence-corrected chi connectivity index (χ4v) is 2.29. The number of nitrogens with one attached hydrogen (secondary N) is 1. The smallest absolute Gasteiger partial charge is 0.0587 e. The molecule has 3 heteroatoms. The fourth-order valence-electron chi connectivity index (χ4n) is 1.33. The molecular formula is C11H19NOS. The van der Waals surface area contributed by atoms with Gasteiger partial charge in [-0.15, -0.1) is 11.3 Å². The van der Waals surface area contributed by atoms with Crippen LogP contribution in [0.4, 0.5) is 0 Å². The predicted molar refractivity (Wildman–Crippen MR) is 62.1 cm³/mol. The maximum atomic E-state index is 4.95. The molecule has 0 atom stereocenters. The molecule has 0 aliphatic heterocycles. The van der Waals surface area contributed by atoms with E-state index in [1.54, 1.807) is 7.11 Å². The lowest BCUT2D eigenvalue weighted by Gasteiger charge is -2.03. The van der Waals surface area contributed by atoms with Crippen LogP contribution in [0, 0.1) is 6.92 Å². The molecular weight excluding hydrogens is 194 g/mol. The summed E-state index contributed by atoms with van der Waals surface area (Å²) in [5, 5.41) is 5.52. The molecule has 0 spiro atoms. The van der Waals surface area contributed by atoms with E-state index in [0.717, 1.165) is 19.7 Å². The second-order valence-corrected chi connectivity index (χ2v) is 4.37. The van der Waals surface area contributed by atoms with E-state index >= 15 is 0 Å². The van der Waals surface area contributed by atoms with Gasteiger partial charge in [0.25, 0.3) is 0 Å². The summed E-state index contributed by atoms with van der Waals surface area (Å²) in [6, 6.07) is 2.19. The van der Waals surface area contributed by atoms with Gasteiger partial charge in [0.15, 0.2) is 0 Å². The fraction of sp³-hybridized carbons (Fsp3) is 0.636. The number of hydrogen-bond acceptors (Lipinski definition) is 3. The quantitative estimate of drug-likeness (QED) is 0.701. The minimum atomic E-state index is 0.804. The SMILES string of the molecule is COCCNCCCc1sccc1C. The third-order valence-corrected chi connectivity index (χ3v) is 3.29. The normalized spacial score (nSPS) is 10.7. The number of methoxy groups -OCH3 is 1. The Labute approximate surface area is 90.3 Å². The Hall–Kier alpha value is -0.380. The first kappa shape index (κ1) is 11.7. The summed E-state index contributed by atoms with van der Waals surface area (Å²) in [5.74, 6) is 0. The maximum absolute atomic E-state index is 4.95. The predicted octanol–water partition coefficient (Wildman–Crippen LogP) is 2.23. The van der Waals surface area contributed by atoms with Crippen LogP contribution in [0.5, 0.6) is 0 Å². The van der Waals surface area contributed by atoms with Crippen molar-refractivity contribution in [1.82, 2.24) is 5.32 Å². The molecule has 0 fully saturated rings. The highest BCUT2D eigenvalue weighted by atomic mass is 32.1. The zero-order valence-corrected chi connectivity index (χ0v) is 9.82. The highest BCUT2D eigenvalue weighted by molar-refractivity contribution is 7.10. The average Bonchev–Trinajstić information content (AvgIpc) is 2.58. The summed E-state index contributed by atoms with van der Waals surface area (Å²) >= 11 is 1.87. The van der Waals surface area contributed by atoms with E-state index in [2.05, 4.69) is 23.7 Å². The van der Waals surface area contributed by atoms with Gasteiger partial charge in [0.05, 0.1) is 6.61 Å². The highest BCUT2D eigenvalue weighted by Crippen LogP contribution is 2.16. The van der Waals surface area contributed by atoms with Crippen LogP contribution in [-0.2, 0) is 11.2 Å². The minimum absolute atomic E-state index is 0.804. The van der Waals surface area contributed by atoms with E-state index in [1.165, 1.54) is 23.3 Å². The summed E-state index contributed by atoms with van der Waals surface area (Å²) in [7, 11) is 1.73. The van der Waals surface area contributed by atoms with Crippen LogP contribution in [0.15, 0.2) is 11.4 Å². The van der Waals surface area contributed by atoms with Gasteiger partial charge in [-0.05, 0) is 43.3 Å². The van der Waals surface area contributed by atoms with Crippen molar-refractivity contribution in [3.63, 3.8) is 0 Å². The first-order valence-electron chi connectivity index (χ1n) is 5.07. The van der Waals surface area contributed by atoms with Crippen LogP contribution < -0.4 is 5.32 Å². The Bertz CT molecular complexity index is 247. The monoisotopic (exact) mass is 213 g/mol. The topological polar surface area (TPSA) is 21.3 Å². The highest BCUT2D eigenvalue weighted by Gasteiger charge is 1.98. The van der Waals surface area contributed by atoms with Gasteiger partial charge in [-0.1, -0.05) is 0 Å². The summed E-state index contributed by atoms with van der Waals surface area (Å²) in [5.41, 5.74) is 1.44. The van der Waals surface area contributed by atoms with Crippen molar-refractivity contribution >= 4 is 11.3 Å². The maximum Gasteiger partial charge on any atom is 0.0587 e. The zero-order chi connectivity index (χ0) is 10.2. The molecule has 80 valence electrons. The van der Waals surface area contributed by atoms with Crippen molar-refractivity contribution in [2.24, 2.45) is 0 Å². The minimum Gasteiger partial charge on any atom is -0.383 e. The largest absolute Gasteiger partial charge is 0.383 e. The average molecular weight is 213 g/mol. The molecule has 2 nitrogen and oxygen atoms in total. The van der Waals surface area contributed by atoms with E-state index < -0.39 is 0 Å². The third-order valence-electron chi connectivity index (χ3n) is 2.21. The lowest BCUT2D eigenvalue weighted by atomic mass is 10.2. The Morgan fingerprint density at radius 2 is 2.29 bits per heavy atom. The molecule has 0 saturated heterocycles. The summed E-state index contributed by atoms with van der Waals surface area (Å²) in [4.78, 5) is 1.53. The summed E-state index contributed by atoms with van der Waals surface area (Å²) in [6.45, 7) is 5.03. The van der Waals surface area contributed by atoms with Crippen molar-refractivity contribution in [2.45, 2.75) is 19.8 Å². The van der Waals surface area contributed by atoms with Crippen LogP contribution in [0.25, 0.3) is 0 Å². The van der Waals surface area contributed by atoms with Gasteiger partial charge < -0.3 is 10.1 Å². The van der Waals surface area contributed by atoms with Crippen LogP contribution in [0.1, 0.15) is 16.9 Å². The van der Waals surface area contributed by atoms with E-state index in [0.29, 0.717) is 0 Å². The molecule has 0 radical (unpaired) electrons. The van der Waals surface area contributed by atoms with Gasteiger partial charge in [0, 0.05) is 18.5 Å². The molecule has 0 aromatic carbocycles. The number of thiophene rings is 1. The lowest BCUT2D eigenvalue weighted by molar-refractivity contribution is 0.199. The standard InChI is InChI=1S/C11H19NOS/c1-10-5-9-14-11(10)4-3-6-12-7-8-13-2/h5,9,12H,3-4,6-8H2,1-2H3. The molecule has 0 aliphatic rings. The van der Waals surface area contributed by atoms with Crippen molar-refractivity contribution in [1.29, 1.82) is 0 Å². The summed E-state index contributed by atoms with van der Waals surface area (Å²) < 4.78 is 4.95. The van der Waals surface area contributed by atoms with Crippen LogP contribution in [-0.4, -0.2) is 26.8 Å². The van der Waals surface area contributed by atoms with Gasteiger partial charge in [-0.25, -0.2) is 0 Å². The lowest BCUT2D eigenvalue weighted by Crippen LogP contribution is -2.20. The third kappa shape index (κ3) is 4.22. The van der Waals surface area contributed by atoms with Crippen molar-refractivity contribution < 1.29 is 4.74 Å². The first-order valence-corrected chi connectivity index (χ1v) is 5.95. The molecule has 14 heavy (non-hydrogen) atoms. The van der Waals surface area contributed by atoms with Crippen LogP contribution in [0.3, 0.4) is 0 Å². The summed E-state index contributed by atoms with van der Waals surface area (Å²) in [6.07, 6.45) is 2.41. The molecule has 1 rings (SSSR count). The second kappa shape index (κ2) is 6.98. The Morgan fingerprint density at radius 1 is 1.43 bits per heavy atom. The van der Waals surface area contributed by atoms with E-state index in [1.807, 2.05) is 11.3 Å². The van der Waals surface area contributed by atoms with Crippen molar-refractivity contribution in [2.75, 3.05) is 26.8 Å². The van der Waals surface area contributed by atoms with E-state index in [9.17, 15) is 0 Å². The molecule has 0 amide bonds. The van der Waals surface area contributed by atoms with Crippen LogP contribution >= 0.6 is 11.3 Å². The number of hydrogen-bond donors (Lipinski definition) is 1. The van der Waals surface area contributed by atoms with Gasteiger partial charge >= 0.3 is 0 Å². The Kier molecular flexibility index (Phi) is 5.83. The number of aryl methyl sites for hydroxylation is 2. The first-order chi connectivity index (χ1) is 6.84. The van der Waals surface area contributed by atoms with Gasteiger partial charge in [0.2, 0.25) is 0 Å². The van der Waals surface area contributed by atoms with Crippen LogP contribution in [0.2, 0.25) is 0 Å². The molecule has 1 N–H and O–H groups in total. The Balaban J connectivity index is 2.02. The molecule has 1 aromatic heterocycles. The molecule has 1 heterocycles. The van der Waals surface area contributed by atoms with E-state index in [4.69, 9.17) is 4.74 Å². The van der Waals surface area contributed by atoms with Gasteiger partial charge in [0.1, 0.15) is 0 Å². The molecule has 0 saturated carbocycles. The molecule has 0 aliphatic carbocycles.